The first kappa shape index (κ1) is 22.6. The van der Waals surface area contributed by atoms with Gasteiger partial charge >= 0.3 is 0 Å². The molecule has 3 heterocycles. The topological polar surface area (TPSA) is 41.5 Å². The van der Waals surface area contributed by atoms with Gasteiger partial charge in [-0.25, -0.2) is 0 Å². The summed E-state index contributed by atoms with van der Waals surface area (Å²) < 4.78 is 5.77. The maximum Gasteiger partial charge on any atom is 0.0557 e. The summed E-state index contributed by atoms with van der Waals surface area (Å²) in [5.41, 5.74) is 2.29. The third-order valence-corrected chi connectivity index (χ3v) is 6.66. The Morgan fingerprint density at radius 1 is 0.690 bits per heavy atom. The lowest BCUT2D eigenvalue weighted by molar-refractivity contribution is 0.167. The summed E-state index contributed by atoms with van der Waals surface area (Å²) in [7, 11) is 0. The van der Waals surface area contributed by atoms with E-state index in [1.54, 1.807) is 0 Å². The zero-order valence-corrected chi connectivity index (χ0v) is 18.8. The summed E-state index contributed by atoms with van der Waals surface area (Å²) in [4.78, 5) is 14.1. The highest BCUT2D eigenvalue weighted by molar-refractivity contribution is 7.99. The molecule has 158 valence electrons. The van der Waals surface area contributed by atoms with Gasteiger partial charge < -0.3 is 4.74 Å². The monoisotopic (exact) mass is 432 g/mol. The van der Waals surface area contributed by atoms with Crippen LogP contribution in [-0.4, -0.2) is 82.2 Å². The van der Waals surface area contributed by atoms with Crippen molar-refractivity contribution in [2.75, 3.05) is 62.4 Å². The number of nitrogens with zero attached hydrogens (tertiary/aromatic N) is 4. The van der Waals surface area contributed by atoms with Gasteiger partial charge in [0.05, 0.1) is 24.6 Å². The largest absolute Gasteiger partial charge is 0.380 e. The van der Waals surface area contributed by atoms with Crippen molar-refractivity contribution in [1.29, 1.82) is 0 Å². The molecule has 0 spiro atoms. The Balaban J connectivity index is 1.61. The van der Waals surface area contributed by atoms with Crippen LogP contribution in [0.5, 0.6) is 0 Å². The van der Waals surface area contributed by atoms with Crippen LogP contribution in [0.4, 0.5) is 0 Å². The van der Waals surface area contributed by atoms with Crippen LogP contribution in [0.25, 0.3) is 0 Å². The van der Waals surface area contributed by atoms with Crippen molar-refractivity contribution in [3.63, 3.8) is 0 Å². The van der Waals surface area contributed by atoms with Gasteiger partial charge in [-0.2, -0.15) is 23.5 Å². The molecule has 3 rings (SSSR count). The molecule has 0 bridgehead atoms. The number of ether oxygens (including phenoxy) is 1. The van der Waals surface area contributed by atoms with Gasteiger partial charge in [0.1, 0.15) is 0 Å². The lowest BCUT2D eigenvalue weighted by atomic mass is 10.3. The van der Waals surface area contributed by atoms with E-state index in [1.807, 2.05) is 48.1 Å². The summed E-state index contributed by atoms with van der Waals surface area (Å²) in [6.07, 6.45) is 3.78. The number of rotatable bonds is 4. The van der Waals surface area contributed by atoms with Crippen LogP contribution in [0.2, 0.25) is 0 Å². The molecule has 0 N–H and O–H groups in total. The van der Waals surface area contributed by atoms with Crippen molar-refractivity contribution >= 4 is 23.5 Å². The van der Waals surface area contributed by atoms with Crippen LogP contribution in [0, 0.1) is 0 Å². The highest BCUT2D eigenvalue weighted by Gasteiger charge is 2.12. The Labute approximate surface area is 183 Å². The molecular formula is C22H32N4OS2. The average molecular weight is 433 g/mol. The second-order valence-corrected chi connectivity index (χ2v) is 9.48. The average Bonchev–Trinajstić information content (AvgIpc) is 2.77. The standard InChI is InChI=1S/C22H32N4OS2/c1-3-7-23-21(5-1)19-25-9-10-26(20-22-6-2-4-8-24-22)12-16-29-18-14-27-13-17-28-15-11-25/h1-8H,9-20H2. The second-order valence-electron chi connectivity index (χ2n) is 7.03. The van der Waals surface area contributed by atoms with Gasteiger partial charge in [-0.15, -0.1) is 0 Å². The van der Waals surface area contributed by atoms with Crippen LogP contribution >= 0.6 is 23.5 Å². The Morgan fingerprint density at radius 2 is 1.21 bits per heavy atom. The van der Waals surface area contributed by atoms with E-state index in [0.29, 0.717) is 0 Å². The van der Waals surface area contributed by atoms with Gasteiger partial charge in [-0.05, 0) is 24.3 Å². The smallest absolute Gasteiger partial charge is 0.0557 e. The van der Waals surface area contributed by atoms with E-state index in [-0.39, 0.29) is 0 Å². The molecule has 0 radical (unpaired) electrons. The Bertz CT molecular complexity index is 605. The van der Waals surface area contributed by atoms with E-state index in [0.717, 1.165) is 86.9 Å². The van der Waals surface area contributed by atoms with Crippen molar-refractivity contribution in [2.24, 2.45) is 0 Å². The summed E-state index contributed by atoms with van der Waals surface area (Å²) in [6.45, 7) is 7.78. The van der Waals surface area contributed by atoms with E-state index in [2.05, 4.69) is 44.0 Å². The summed E-state index contributed by atoms with van der Waals surface area (Å²) in [5, 5.41) is 0. The molecule has 2 aromatic rings. The zero-order chi connectivity index (χ0) is 20.0. The molecule has 0 aromatic carbocycles. The normalized spacial score (nSPS) is 19.3. The summed E-state index contributed by atoms with van der Waals surface area (Å²) in [6, 6.07) is 12.4. The predicted molar refractivity (Wildman–Crippen MR) is 124 cm³/mol. The van der Waals surface area contributed by atoms with Gasteiger partial charge in [0.25, 0.3) is 0 Å². The van der Waals surface area contributed by atoms with Crippen LogP contribution in [0.15, 0.2) is 48.8 Å². The van der Waals surface area contributed by atoms with E-state index in [4.69, 9.17) is 4.74 Å². The number of hydrogen-bond donors (Lipinski definition) is 0. The SMILES string of the molecule is c1ccc(CN2CCSCCOCCSCCN(Cc3ccccn3)CC2)nc1. The van der Waals surface area contributed by atoms with Gasteiger partial charge in [-0.1, -0.05) is 12.1 Å². The molecule has 0 amide bonds. The molecule has 0 atom stereocenters. The minimum absolute atomic E-state index is 0.858. The van der Waals surface area contributed by atoms with E-state index in [1.165, 1.54) is 0 Å². The fourth-order valence-electron chi connectivity index (χ4n) is 3.19. The Hall–Kier alpha value is -1.12. The van der Waals surface area contributed by atoms with Crippen molar-refractivity contribution in [3.05, 3.63) is 60.2 Å². The molecule has 1 aliphatic heterocycles. The molecule has 2 aromatic heterocycles. The van der Waals surface area contributed by atoms with E-state index in [9.17, 15) is 0 Å². The summed E-state index contributed by atoms with van der Waals surface area (Å²) >= 11 is 3.97. The van der Waals surface area contributed by atoms with Crippen molar-refractivity contribution in [3.8, 4) is 0 Å². The molecule has 1 fully saturated rings. The zero-order valence-electron chi connectivity index (χ0n) is 17.1. The fraction of sp³-hybridized carbons (Fsp3) is 0.545. The minimum atomic E-state index is 0.858. The quantitative estimate of drug-likeness (QED) is 0.734. The number of hydrogen-bond acceptors (Lipinski definition) is 7. The predicted octanol–water partition coefficient (Wildman–Crippen LogP) is 3.28. The third-order valence-electron chi connectivity index (χ3n) is 4.80. The molecule has 0 saturated carbocycles. The summed E-state index contributed by atoms with van der Waals surface area (Å²) in [5.74, 6) is 4.41. The van der Waals surface area contributed by atoms with E-state index >= 15 is 0 Å². The van der Waals surface area contributed by atoms with Gasteiger partial charge in [0.2, 0.25) is 0 Å². The molecular weight excluding hydrogens is 400 g/mol. The lowest BCUT2D eigenvalue weighted by Gasteiger charge is -2.27. The molecule has 1 saturated heterocycles. The second kappa shape index (κ2) is 14.0. The molecule has 1 aliphatic rings. The Kier molecular flexibility index (Phi) is 10.9. The first-order chi connectivity index (χ1) is 14.4. The van der Waals surface area contributed by atoms with Crippen LogP contribution in [0.1, 0.15) is 11.4 Å². The van der Waals surface area contributed by atoms with Crippen molar-refractivity contribution in [1.82, 2.24) is 19.8 Å². The van der Waals surface area contributed by atoms with Crippen molar-refractivity contribution in [2.45, 2.75) is 13.1 Å². The highest BCUT2D eigenvalue weighted by atomic mass is 32.2. The van der Waals surface area contributed by atoms with Crippen LogP contribution in [0.3, 0.4) is 0 Å². The molecule has 29 heavy (non-hydrogen) atoms. The lowest BCUT2D eigenvalue weighted by Crippen LogP contribution is -2.37. The highest BCUT2D eigenvalue weighted by Crippen LogP contribution is 2.10. The molecule has 0 aliphatic carbocycles. The van der Waals surface area contributed by atoms with Crippen molar-refractivity contribution < 1.29 is 4.74 Å². The van der Waals surface area contributed by atoms with Crippen LogP contribution in [-0.2, 0) is 17.8 Å². The van der Waals surface area contributed by atoms with Gasteiger partial charge in [-0.3, -0.25) is 19.8 Å². The maximum atomic E-state index is 5.77. The third kappa shape index (κ3) is 9.49. The Morgan fingerprint density at radius 3 is 1.66 bits per heavy atom. The molecule has 7 heteroatoms. The number of aromatic nitrogens is 2. The maximum absolute atomic E-state index is 5.77. The number of thioether (sulfide) groups is 2. The molecule has 0 unspecified atom stereocenters. The number of pyridine rings is 2. The van der Waals surface area contributed by atoms with E-state index < -0.39 is 0 Å². The fourth-order valence-corrected chi connectivity index (χ4v) is 4.85. The minimum Gasteiger partial charge on any atom is -0.380 e. The first-order valence-electron chi connectivity index (χ1n) is 10.4. The van der Waals surface area contributed by atoms with Gasteiger partial charge in [0.15, 0.2) is 0 Å². The molecule has 5 nitrogen and oxygen atoms in total. The van der Waals surface area contributed by atoms with Crippen LogP contribution < -0.4 is 0 Å². The van der Waals surface area contributed by atoms with Gasteiger partial charge in [0, 0.05) is 74.7 Å². The first-order valence-corrected chi connectivity index (χ1v) is 12.7.